The van der Waals surface area contributed by atoms with Crippen LogP contribution in [-0.2, 0) is 6.42 Å². The fraction of sp³-hybridized carbons (Fsp3) is 0.387. The molecule has 2 aliphatic rings. The number of carbonyl (C=O) groups is 1. The summed E-state index contributed by atoms with van der Waals surface area (Å²) in [5, 5.41) is 14.3. The molecule has 0 aliphatic carbocycles. The largest absolute Gasteiger partial charge is 0.387 e. The zero-order chi connectivity index (χ0) is 24.9. The molecule has 0 saturated carbocycles. The van der Waals surface area contributed by atoms with Crippen LogP contribution in [0, 0.1) is 5.92 Å². The Balaban J connectivity index is 1.10. The number of amides is 1. The average molecular weight is 484 g/mol. The second-order valence-electron chi connectivity index (χ2n) is 10.4. The highest BCUT2D eigenvalue weighted by atomic mass is 16.3. The van der Waals surface area contributed by atoms with Crippen LogP contribution >= 0.6 is 0 Å². The van der Waals surface area contributed by atoms with Gasteiger partial charge >= 0.3 is 0 Å². The first-order chi connectivity index (χ1) is 17.6. The van der Waals surface area contributed by atoms with E-state index < -0.39 is 6.10 Å². The summed E-state index contributed by atoms with van der Waals surface area (Å²) in [6.45, 7) is 2.82. The Morgan fingerprint density at radius 3 is 2.39 bits per heavy atom. The van der Waals surface area contributed by atoms with Crippen molar-refractivity contribution in [2.45, 2.75) is 43.9 Å². The number of anilines is 1. The number of rotatable bonds is 8. The molecule has 188 valence electrons. The summed E-state index contributed by atoms with van der Waals surface area (Å²) in [6, 6.07) is 28.9. The van der Waals surface area contributed by atoms with E-state index in [2.05, 4.69) is 46.6 Å². The lowest BCUT2D eigenvalue weighted by molar-refractivity contribution is 0.0776. The van der Waals surface area contributed by atoms with Gasteiger partial charge in [0.25, 0.3) is 5.91 Å². The predicted octanol–water partition coefficient (Wildman–Crippen LogP) is 4.68. The third-order valence-electron chi connectivity index (χ3n) is 7.77. The third-order valence-corrected chi connectivity index (χ3v) is 7.77. The van der Waals surface area contributed by atoms with Crippen LogP contribution in [0.15, 0.2) is 84.9 Å². The quantitative estimate of drug-likeness (QED) is 0.488. The second-order valence-corrected chi connectivity index (χ2v) is 10.4. The van der Waals surface area contributed by atoms with Crippen molar-refractivity contribution in [3.63, 3.8) is 0 Å². The summed E-state index contributed by atoms with van der Waals surface area (Å²) in [7, 11) is 1.92. The molecule has 0 spiro atoms. The molecular weight excluding hydrogens is 446 g/mol. The van der Waals surface area contributed by atoms with Crippen LogP contribution in [0.3, 0.4) is 0 Å². The van der Waals surface area contributed by atoms with E-state index in [1.807, 2.05) is 60.5 Å². The van der Waals surface area contributed by atoms with Gasteiger partial charge in [0.05, 0.1) is 6.10 Å². The molecule has 4 atom stereocenters. The van der Waals surface area contributed by atoms with E-state index in [4.69, 9.17) is 0 Å². The summed E-state index contributed by atoms with van der Waals surface area (Å²) in [4.78, 5) is 17.4. The van der Waals surface area contributed by atoms with Crippen LogP contribution in [-0.4, -0.2) is 54.7 Å². The number of nitrogens with one attached hydrogen (secondary N) is 1. The van der Waals surface area contributed by atoms with Crippen LogP contribution in [0.2, 0.25) is 0 Å². The topological polar surface area (TPSA) is 55.8 Å². The zero-order valence-corrected chi connectivity index (χ0v) is 21.1. The van der Waals surface area contributed by atoms with E-state index in [1.54, 1.807) is 0 Å². The third kappa shape index (κ3) is 5.80. The van der Waals surface area contributed by atoms with Crippen molar-refractivity contribution in [1.29, 1.82) is 0 Å². The molecule has 1 amide bonds. The lowest BCUT2D eigenvalue weighted by atomic mass is 10.0. The molecule has 2 aliphatic heterocycles. The van der Waals surface area contributed by atoms with Crippen LogP contribution in [0.5, 0.6) is 0 Å². The lowest BCUT2D eigenvalue weighted by Crippen LogP contribution is -2.35. The number of benzene rings is 3. The molecule has 5 heteroatoms. The van der Waals surface area contributed by atoms with Crippen molar-refractivity contribution in [3.05, 3.63) is 102 Å². The van der Waals surface area contributed by atoms with Gasteiger partial charge in [-0.1, -0.05) is 60.7 Å². The van der Waals surface area contributed by atoms with Crippen molar-refractivity contribution in [2.24, 2.45) is 5.92 Å². The summed E-state index contributed by atoms with van der Waals surface area (Å²) in [5.41, 5.74) is 4.20. The predicted molar refractivity (Wildman–Crippen MR) is 145 cm³/mol. The van der Waals surface area contributed by atoms with Crippen LogP contribution < -0.4 is 10.2 Å². The fourth-order valence-electron chi connectivity index (χ4n) is 5.76. The molecule has 2 heterocycles. The van der Waals surface area contributed by atoms with E-state index in [1.165, 1.54) is 11.3 Å². The van der Waals surface area contributed by atoms with Crippen molar-refractivity contribution < 1.29 is 9.90 Å². The van der Waals surface area contributed by atoms with Crippen molar-refractivity contribution in [3.8, 4) is 0 Å². The molecule has 5 rings (SSSR count). The van der Waals surface area contributed by atoms with Gasteiger partial charge in [0.15, 0.2) is 0 Å². The van der Waals surface area contributed by atoms with Crippen LogP contribution in [0.25, 0.3) is 0 Å². The SMILES string of the molecule is CN(C[C@@H]1CCN(c2ccccc2)C1)C(=O)c1ccc(C[C@@H]2CC[C@H]([C@H](O)c3ccccc3)N2)cc1. The minimum absolute atomic E-state index is 0.0836. The van der Waals surface area contributed by atoms with Gasteiger partial charge in [-0.05, 0) is 67.0 Å². The Bertz CT molecular complexity index is 1120. The van der Waals surface area contributed by atoms with Gasteiger partial charge in [0, 0.05) is 50.0 Å². The average Bonchev–Trinajstić information content (AvgIpc) is 3.59. The zero-order valence-electron chi connectivity index (χ0n) is 21.1. The first-order valence-corrected chi connectivity index (χ1v) is 13.2. The lowest BCUT2D eigenvalue weighted by Gasteiger charge is -2.23. The van der Waals surface area contributed by atoms with Crippen LogP contribution in [0.4, 0.5) is 5.69 Å². The summed E-state index contributed by atoms with van der Waals surface area (Å²) < 4.78 is 0. The maximum Gasteiger partial charge on any atom is 0.253 e. The van der Waals surface area contributed by atoms with E-state index in [-0.39, 0.29) is 11.9 Å². The number of aliphatic hydroxyl groups is 1. The molecule has 2 saturated heterocycles. The molecule has 0 radical (unpaired) electrons. The first kappa shape index (κ1) is 24.5. The van der Waals surface area contributed by atoms with Crippen LogP contribution in [0.1, 0.15) is 46.9 Å². The fourth-order valence-corrected chi connectivity index (χ4v) is 5.76. The Kier molecular flexibility index (Phi) is 7.69. The summed E-state index contributed by atoms with van der Waals surface area (Å²) >= 11 is 0. The molecular formula is C31H37N3O2. The minimum Gasteiger partial charge on any atom is -0.387 e. The Morgan fingerprint density at radius 2 is 1.67 bits per heavy atom. The molecule has 3 aromatic carbocycles. The summed E-state index contributed by atoms with van der Waals surface area (Å²) in [5.74, 6) is 0.579. The number of hydrogen-bond acceptors (Lipinski definition) is 4. The van der Waals surface area contributed by atoms with Gasteiger partial charge in [-0.3, -0.25) is 4.79 Å². The molecule has 36 heavy (non-hydrogen) atoms. The van der Waals surface area contributed by atoms with Gasteiger partial charge in [0.2, 0.25) is 0 Å². The van der Waals surface area contributed by atoms with Gasteiger partial charge in [0.1, 0.15) is 0 Å². The monoisotopic (exact) mass is 483 g/mol. The molecule has 0 aromatic heterocycles. The molecule has 5 nitrogen and oxygen atoms in total. The van der Waals surface area contributed by atoms with Crippen molar-refractivity contribution in [2.75, 3.05) is 31.6 Å². The van der Waals surface area contributed by atoms with Crippen molar-refractivity contribution in [1.82, 2.24) is 10.2 Å². The maximum absolute atomic E-state index is 13.1. The Hall–Kier alpha value is -3.15. The smallest absolute Gasteiger partial charge is 0.253 e. The highest BCUT2D eigenvalue weighted by Gasteiger charge is 2.30. The number of nitrogens with zero attached hydrogens (tertiary/aromatic N) is 2. The number of aliphatic hydroxyl groups excluding tert-OH is 1. The number of para-hydroxylation sites is 1. The Labute approximate surface area is 214 Å². The molecule has 3 aromatic rings. The standard InChI is InChI=1S/C31H37N3O2/c1-33(21-24-18-19-34(22-24)28-10-6-3-7-11-28)31(36)26-14-12-23(13-15-26)20-27-16-17-29(32-27)30(35)25-8-4-2-5-9-25/h2-15,24,27,29-30,32,35H,16-22H2,1H3/t24-,27-,29+,30+/m0/s1. The molecule has 2 N–H and O–H groups in total. The van der Waals surface area contributed by atoms with Crippen molar-refractivity contribution >= 4 is 11.6 Å². The maximum atomic E-state index is 13.1. The van der Waals surface area contributed by atoms with E-state index in [9.17, 15) is 9.90 Å². The highest BCUT2D eigenvalue weighted by molar-refractivity contribution is 5.94. The Morgan fingerprint density at radius 1 is 0.972 bits per heavy atom. The van der Waals surface area contributed by atoms with Gasteiger partial charge in [-0.25, -0.2) is 0 Å². The number of hydrogen-bond donors (Lipinski definition) is 2. The van der Waals surface area contributed by atoms with E-state index >= 15 is 0 Å². The highest BCUT2D eigenvalue weighted by Crippen LogP contribution is 2.27. The second kappa shape index (κ2) is 11.3. The van der Waals surface area contributed by atoms with Gasteiger partial charge in [-0.15, -0.1) is 0 Å². The van der Waals surface area contributed by atoms with E-state index in [0.29, 0.717) is 12.0 Å². The summed E-state index contributed by atoms with van der Waals surface area (Å²) in [6.07, 6.45) is 3.54. The molecule has 2 fully saturated rings. The minimum atomic E-state index is -0.480. The normalized spacial score (nSPS) is 22.5. The first-order valence-electron chi connectivity index (χ1n) is 13.2. The van der Waals surface area contributed by atoms with Gasteiger partial charge in [-0.2, -0.15) is 0 Å². The number of carbonyl (C=O) groups excluding carboxylic acids is 1. The van der Waals surface area contributed by atoms with E-state index in [0.717, 1.165) is 56.4 Å². The molecule has 0 bridgehead atoms. The van der Waals surface area contributed by atoms with Gasteiger partial charge < -0.3 is 20.2 Å². The molecule has 0 unspecified atom stereocenters.